The van der Waals surface area contributed by atoms with Crippen molar-refractivity contribution in [3.8, 4) is 0 Å². The molecular formula is C33H47N9O7. The third-order valence-electron chi connectivity index (χ3n) is 8.29. The standard InChI is InChI=1S/C33H47N9O7/c1-33(2,3)49-32(48)38-25(15-22-12-8-5-9-13-22)30(46)37-26(16-23-18-34-20-35-23)31(47)36-24(14-21-10-6-4-7-11-21)27(43)17-28-39-40-41-42(28)19-29(44)45/h5,8-9,12-13,18,20-21,24-27,43H,4,6-7,10-11,14-17,19H2,1-3H3,(H,34,35)(H,36,47)(H,37,46)(H,38,48)(H,44,45)/t24-,25-,26-,27-/m0/s1. The molecule has 0 unspecified atom stereocenters. The number of nitrogens with one attached hydrogen (secondary N) is 4. The Labute approximate surface area is 284 Å². The van der Waals surface area contributed by atoms with Gasteiger partial charge in [-0.1, -0.05) is 62.4 Å². The fraction of sp³-hybridized carbons (Fsp3) is 0.576. The first-order valence-corrected chi connectivity index (χ1v) is 16.6. The number of ether oxygens (including phenoxy) is 1. The maximum absolute atomic E-state index is 14.1. The van der Waals surface area contributed by atoms with Crippen molar-refractivity contribution in [1.82, 2.24) is 46.1 Å². The number of H-pyrrole nitrogens is 1. The first-order chi connectivity index (χ1) is 23.4. The number of hydrogen-bond acceptors (Lipinski definition) is 10. The van der Waals surface area contributed by atoms with Crippen LogP contribution in [0.3, 0.4) is 0 Å². The number of carboxylic acids is 1. The zero-order chi connectivity index (χ0) is 35.4. The molecule has 2 heterocycles. The van der Waals surface area contributed by atoms with E-state index >= 15 is 0 Å². The smallest absolute Gasteiger partial charge is 0.408 e. The highest BCUT2D eigenvalue weighted by atomic mass is 16.6. The first kappa shape index (κ1) is 37.0. The zero-order valence-electron chi connectivity index (χ0n) is 28.2. The normalized spacial score (nSPS) is 16.2. The Kier molecular flexibility index (Phi) is 13.2. The lowest BCUT2D eigenvalue weighted by Crippen LogP contribution is -2.58. The number of benzene rings is 1. The number of aliphatic hydroxyl groups excluding tert-OH is 1. The fourth-order valence-electron chi connectivity index (χ4n) is 5.93. The quantitative estimate of drug-likeness (QED) is 0.128. The fourth-order valence-corrected chi connectivity index (χ4v) is 5.93. The maximum Gasteiger partial charge on any atom is 0.408 e. The van der Waals surface area contributed by atoms with Crippen molar-refractivity contribution in [2.45, 2.75) is 115 Å². The number of alkyl carbamates (subject to hydrolysis) is 1. The van der Waals surface area contributed by atoms with Gasteiger partial charge in [0.05, 0.1) is 18.5 Å². The molecule has 1 fully saturated rings. The summed E-state index contributed by atoms with van der Waals surface area (Å²) < 4.78 is 6.51. The van der Waals surface area contributed by atoms with Gasteiger partial charge in [-0.2, -0.15) is 0 Å². The van der Waals surface area contributed by atoms with Gasteiger partial charge in [0.1, 0.15) is 24.2 Å². The Morgan fingerprint density at radius 3 is 2.33 bits per heavy atom. The van der Waals surface area contributed by atoms with Crippen LogP contribution in [0.4, 0.5) is 4.79 Å². The topological polar surface area (TPSA) is 226 Å². The van der Waals surface area contributed by atoms with E-state index in [1.807, 2.05) is 30.3 Å². The predicted molar refractivity (Wildman–Crippen MR) is 176 cm³/mol. The van der Waals surface area contributed by atoms with Crippen LogP contribution in [0.2, 0.25) is 0 Å². The number of aliphatic carboxylic acids is 1. The largest absolute Gasteiger partial charge is 0.480 e. The molecule has 3 aromatic rings. The Morgan fingerprint density at radius 2 is 1.67 bits per heavy atom. The predicted octanol–water partition coefficient (Wildman–Crippen LogP) is 1.70. The van der Waals surface area contributed by atoms with E-state index in [0.29, 0.717) is 12.1 Å². The average molecular weight is 682 g/mol. The number of aromatic nitrogens is 6. The number of carboxylic acid groups (broad SMARTS) is 1. The van der Waals surface area contributed by atoms with Crippen LogP contribution < -0.4 is 16.0 Å². The molecule has 4 atom stereocenters. The van der Waals surface area contributed by atoms with E-state index in [1.54, 1.807) is 27.0 Å². The number of carbonyl (C=O) groups excluding carboxylic acids is 3. The summed E-state index contributed by atoms with van der Waals surface area (Å²) in [5.74, 6) is -1.88. The molecule has 2 aromatic heterocycles. The molecule has 1 aliphatic carbocycles. The number of amides is 3. The minimum absolute atomic E-state index is 0.0468. The van der Waals surface area contributed by atoms with E-state index in [9.17, 15) is 29.4 Å². The molecule has 1 saturated carbocycles. The highest BCUT2D eigenvalue weighted by molar-refractivity contribution is 5.91. The lowest BCUT2D eigenvalue weighted by atomic mass is 9.83. The highest BCUT2D eigenvalue weighted by Crippen LogP contribution is 2.28. The van der Waals surface area contributed by atoms with Gasteiger partial charge in [0.15, 0.2) is 5.82 Å². The minimum Gasteiger partial charge on any atom is -0.480 e. The van der Waals surface area contributed by atoms with Crippen LogP contribution in [0.25, 0.3) is 0 Å². The summed E-state index contributed by atoms with van der Waals surface area (Å²) in [6, 6.07) is 6.19. The summed E-state index contributed by atoms with van der Waals surface area (Å²) in [7, 11) is 0. The molecule has 0 spiro atoms. The molecule has 266 valence electrons. The van der Waals surface area contributed by atoms with Crippen LogP contribution in [-0.2, 0) is 44.9 Å². The van der Waals surface area contributed by atoms with Crippen molar-refractivity contribution < 1.29 is 34.1 Å². The number of imidazole rings is 1. The zero-order valence-corrected chi connectivity index (χ0v) is 28.2. The molecule has 4 rings (SSSR count). The van der Waals surface area contributed by atoms with Crippen LogP contribution in [0, 0.1) is 5.92 Å². The second kappa shape index (κ2) is 17.5. The third-order valence-corrected chi connectivity index (χ3v) is 8.29. The van der Waals surface area contributed by atoms with E-state index in [1.165, 1.54) is 6.33 Å². The van der Waals surface area contributed by atoms with Gasteiger partial charge >= 0.3 is 12.1 Å². The van der Waals surface area contributed by atoms with E-state index in [4.69, 9.17) is 4.74 Å². The number of aromatic amines is 1. The molecule has 0 aliphatic heterocycles. The summed E-state index contributed by atoms with van der Waals surface area (Å²) in [6.07, 6.45) is 6.73. The molecule has 16 heteroatoms. The average Bonchev–Trinajstić information content (AvgIpc) is 3.72. The third kappa shape index (κ3) is 12.3. The molecule has 3 amide bonds. The van der Waals surface area contributed by atoms with Gasteiger partial charge in [-0.25, -0.2) is 14.5 Å². The molecule has 1 aromatic carbocycles. The highest BCUT2D eigenvalue weighted by Gasteiger charge is 2.33. The van der Waals surface area contributed by atoms with Crippen molar-refractivity contribution in [1.29, 1.82) is 0 Å². The molecule has 49 heavy (non-hydrogen) atoms. The molecule has 16 nitrogen and oxygen atoms in total. The Hall–Kier alpha value is -4.86. The van der Waals surface area contributed by atoms with Gasteiger partial charge in [-0.15, -0.1) is 5.10 Å². The maximum atomic E-state index is 14.1. The van der Waals surface area contributed by atoms with E-state index in [-0.39, 0.29) is 31.0 Å². The lowest BCUT2D eigenvalue weighted by molar-refractivity contribution is -0.138. The molecule has 1 aliphatic rings. The SMILES string of the molecule is CC(C)(C)OC(=O)N[C@@H](Cc1ccccc1)C(=O)N[C@@H](Cc1cnc[nH]1)C(=O)N[C@@H](CC1CCCCC1)[C@@H](O)Cc1nnnn1CC(=O)O. The Bertz CT molecular complexity index is 1500. The van der Waals surface area contributed by atoms with Gasteiger partial charge in [0.2, 0.25) is 11.8 Å². The molecule has 0 radical (unpaired) electrons. The van der Waals surface area contributed by atoms with Gasteiger partial charge < -0.3 is 35.9 Å². The van der Waals surface area contributed by atoms with Gasteiger partial charge in [0.25, 0.3) is 0 Å². The van der Waals surface area contributed by atoms with Crippen LogP contribution in [0.1, 0.15) is 76.4 Å². The summed E-state index contributed by atoms with van der Waals surface area (Å²) in [5.41, 5.74) is 0.568. The summed E-state index contributed by atoms with van der Waals surface area (Å²) in [6.45, 7) is 4.67. The van der Waals surface area contributed by atoms with E-state index in [0.717, 1.165) is 42.3 Å². The second-order valence-corrected chi connectivity index (χ2v) is 13.5. The van der Waals surface area contributed by atoms with Crippen molar-refractivity contribution in [3.63, 3.8) is 0 Å². The number of aliphatic hydroxyl groups is 1. The van der Waals surface area contributed by atoms with Crippen molar-refractivity contribution >= 4 is 23.9 Å². The van der Waals surface area contributed by atoms with Crippen molar-refractivity contribution in [2.24, 2.45) is 5.92 Å². The van der Waals surface area contributed by atoms with E-state index < -0.39 is 60.3 Å². The van der Waals surface area contributed by atoms with Crippen LogP contribution in [0.5, 0.6) is 0 Å². The van der Waals surface area contributed by atoms with Crippen molar-refractivity contribution in [3.05, 3.63) is 59.9 Å². The summed E-state index contributed by atoms with van der Waals surface area (Å²) >= 11 is 0. The number of rotatable bonds is 16. The summed E-state index contributed by atoms with van der Waals surface area (Å²) in [4.78, 5) is 59.0. The molecule has 0 bridgehead atoms. The van der Waals surface area contributed by atoms with Crippen molar-refractivity contribution in [2.75, 3.05) is 0 Å². The Morgan fingerprint density at radius 1 is 0.980 bits per heavy atom. The first-order valence-electron chi connectivity index (χ1n) is 16.6. The van der Waals surface area contributed by atoms with Gasteiger partial charge in [0, 0.05) is 31.2 Å². The molecule has 6 N–H and O–H groups in total. The number of tetrazole rings is 1. The van der Waals surface area contributed by atoms with E-state index in [2.05, 4.69) is 41.4 Å². The lowest BCUT2D eigenvalue weighted by Gasteiger charge is -2.31. The van der Waals surface area contributed by atoms with Crippen LogP contribution in [-0.4, -0.2) is 94.1 Å². The van der Waals surface area contributed by atoms with Gasteiger partial charge in [-0.05, 0) is 49.1 Å². The van der Waals surface area contributed by atoms with Gasteiger partial charge in [-0.3, -0.25) is 14.4 Å². The Balaban J connectivity index is 1.55. The van der Waals surface area contributed by atoms with Crippen LogP contribution in [0.15, 0.2) is 42.9 Å². The van der Waals surface area contributed by atoms with Crippen LogP contribution >= 0.6 is 0 Å². The monoisotopic (exact) mass is 681 g/mol. The minimum atomic E-state index is -1.16. The molecule has 0 saturated heterocycles. The number of carbonyl (C=O) groups is 4. The number of nitrogens with zero attached hydrogens (tertiary/aromatic N) is 5. The second-order valence-electron chi connectivity index (χ2n) is 13.5. The molecular weight excluding hydrogens is 634 g/mol. The number of hydrogen-bond donors (Lipinski definition) is 6. The summed E-state index contributed by atoms with van der Waals surface area (Å²) in [5, 5.41) is 40.3.